The van der Waals surface area contributed by atoms with Gasteiger partial charge in [-0.2, -0.15) is 0 Å². The third-order valence-corrected chi connectivity index (χ3v) is 4.77. The number of nitrogens with zero attached hydrogens (tertiary/aromatic N) is 1. The van der Waals surface area contributed by atoms with Crippen molar-refractivity contribution in [3.8, 4) is 11.3 Å². The third-order valence-electron chi connectivity index (χ3n) is 4.77. The second-order valence-corrected chi connectivity index (χ2v) is 6.25. The number of nitrogens with two attached hydrogens (primary N) is 3. The van der Waals surface area contributed by atoms with Crippen molar-refractivity contribution in [2.24, 2.45) is 11.7 Å². The van der Waals surface area contributed by atoms with Crippen molar-refractivity contribution in [3.63, 3.8) is 0 Å². The normalized spacial score (nSPS) is 21.4. The van der Waals surface area contributed by atoms with Gasteiger partial charge in [0.2, 0.25) is 0 Å². The Kier molecular flexibility index (Phi) is 3.67. The average Bonchev–Trinajstić information content (AvgIpc) is 2.99. The summed E-state index contributed by atoms with van der Waals surface area (Å²) >= 11 is 0. The van der Waals surface area contributed by atoms with Gasteiger partial charge in [0.05, 0.1) is 16.8 Å². The lowest BCUT2D eigenvalue weighted by molar-refractivity contribution is 0.100. The van der Waals surface area contributed by atoms with E-state index in [1.165, 1.54) is 6.20 Å². The van der Waals surface area contributed by atoms with Crippen LogP contribution in [0.5, 0.6) is 0 Å². The predicted molar refractivity (Wildman–Crippen MR) is 88.9 cm³/mol. The monoisotopic (exact) mass is 318 g/mol. The topological polar surface area (TPSA) is 149 Å². The van der Waals surface area contributed by atoms with Gasteiger partial charge in [-0.15, -0.1) is 0 Å². The number of anilines is 2. The van der Waals surface area contributed by atoms with E-state index in [0.29, 0.717) is 17.2 Å². The summed E-state index contributed by atoms with van der Waals surface area (Å²) in [6.45, 7) is 2.12. The summed E-state index contributed by atoms with van der Waals surface area (Å²) < 4.78 is 1.64. The minimum atomic E-state index is -0.621. The zero-order valence-corrected chi connectivity index (χ0v) is 13.1. The number of carbonyl (C=O) groups excluding carboxylic acids is 1. The number of rotatable bonds is 3. The van der Waals surface area contributed by atoms with E-state index in [4.69, 9.17) is 17.2 Å². The first-order valence-corrected chi connectivity index (χ1v) is 7.78. The molecular weight excluding hydrogens is 296 g/mol. The van der Waals surface area contributed by atoms with Crippen LogP contribution in [0, 0.1) is 5.92 Å². The molecule has 0 bridgehead atoms. The number of carbonyl (C=O) groups is 1. The quantitative estimate of drug-likeness (QED) is 0.577. The van der Waals surface area contributed by atoms with E-state index in [0.717, 1.165) is 25.7 Å². The Morgan fingerprint density at radius 1 is 1.26 bits per heavy atom. The first kappa shape index (κ1) is 15.3. The zero-order valence-electron chi connectivity index (χ0n) is 13.1. The number of amides is 1. The molecule has 1 aliphatic rings. The molecule has 2 aromatic rings. The maximum Gasteiger partial charge on any atom is 0.327 e. The van der Waals surface area contributed by atoms with E-state index >= 15 is 0 Å². The second-order valence-electron chi connectivity index (χ2n) is 6.25. The lowest BCUT2D eigenvalue weighted by Crippen LogP contribution is -2.30. The Morgan fingerprint density at radius 3 is 2.61 bits per heavy atom. The van der Waals surface area contributed by atoms with E-state index < -0.39 is 5.91 Å². The van der Waals surface area contributed by atoms with Gasteiger partial charge >= 0.3 is 5.69 Å². The van der Waals surface area contributed by atoms with Gasteiger partial charge in [0.1, 0.15) is 11.6 Å². The van der Waals surface area contributed by atoms with Crippen molar-refractivity contribution in [1.29, 1.82) is 0 Å². The molecule has 124 valence electrons. The molecule has 2 aromatic heterocycles. The number of imidazole rings is 1. The van der Waals surface area contributed by atoms with Crippen LogP contribution in [0.2, 0.25) is 0 Å². The number of nitrogen functional groups attached to an aromatic ring is 2. The lowest BCUT2D eigenvalue weighted by Gasteiger charge is -2.30. The summed E-state index contributed by atoms with van der Waals surface area (Å²) in [6, 6.07) is 0.0230. The smallest absolute Gasteiger partial charge is 0.327 e. The van der Waals surface area contributed by atoms with Gasteiger partial charge in [0.15, 0.2) is 0 Å². The fourth-order valence-corrected chi connectivity index (χ4v) is 3.61. The minimum absolute atomic E-state index is 0.0230. The maximum absolute atomic E-state index is 12.5. The molecule has 0 saturated heterocycles. The van der Waals surface area contributed by atoms with Crippen molar-refractivity contribution in [3.05, 3.63) is 22.2 Å². The van der Waals surface area contributed by atoms with Crippen molar-refractivity contribution in [1.82, 2.24) is 14.5 Å². The van der Waals surface area contributed by atoms with Crippen molar-refractivity contribution < 1.29 is 4.79 Å². The van der Waals surface area contributed by atoms with Crippen molar-refractivity contribution in [2.75, 3.05) is 11.5 Å². The molecule has 1 amide bonds. The number of aromatic nitrogens is 3. The Labute approximate surface area is 133 Å². The summed E-state index contributed by atoms with van der Waals surface area (Å²) in [4.78, 5) is 29.6. The summed E-state index contributed by atoms with van der Waals surface area (Å²) in [5, 5.41) is 0. The summed E-state index contributed by atoms with van der Waals surface area (Å²) in [6.07, 6.45) is 5.59. The summed E-state index contributed by atoms with van der Waals surface area (Å²) in [5.74, 6) is 0.181. The van der Waals surface area contributed by atoms with Crippen LogP contribution in [0.15, 0.2) is 11.0 Å². The largest absolute Gasteiger partial charge is 0.385 e. The molecule has 1 fully saturated rings. The molecule has 1 aliphatic carbocycles. The van der Waals surface area contributed by atoms with Crippen LogP contribution < -0.4 is 22.9 Å². The van der Waals surface area contributed by atoms with Gasteiger partial charge in [-0.05, 0) is 18.8 Å². The molecule has 23 heavy (non-hydrogen) atoms. The van der Waals surface area contributed by atoms with Crippen LogP contribution in [0.1, 0.15) is 49.0 Å². The number of primary amides is 1. The van der Waals surface area contributed by atoms with Gasteiger partial charge in [-0.1, -0.05) is 19.8 Å². The molecule has 0 aromatic carbocycles. The van der Waals surface area contributed by atoms with Crippen LogP contribution in [-0.2, 0) is 0 Å². The van der Waals surface area contributed by atoms with Crippen LogP contribution in [-0.4, -0.2) is 20.4 Å². The predicted octanol–water partition coefficient (Wildman–Crippen LogP) is 1.19. The van der Waals surface area contributed by atoms with Crippen molar-refractivity contribution in [2.45, 2.75) is 38.6 Å². The van der Waals surface area contributed by atoms with Crippen LogP contribution >= 0.6 is 0 Å². The summed E-state index contributed by atoms with van der Waals surface area (Å²) in [5.41, 5.74) is 18.2. The Hall–Kier alpha value is -2.64. The molecule has 0 radical (unpaired) electrons. The average molecular weight is 318 g/mol. The minimum Gasteiger partial charge on any atom is -0.385 e. The first-order valence-electron chi connectivity index (χ1n) is 7.78. The SMILES string of the molecule is CC1CCCCC1n1c(-c2c(C(N)=O)c[nH]c2N)c(N)[nH]c1=O. The second kappa shape index (κ2) is 5.53. The van der Waals surface area contributed by atoms with Crippen molar-refractivity contribution >= 4 is 17.5 Å². The highest BCUT2D eigenvalue weighted by atomic mass is 16.1. The Balaban J connectivity index is 2.23. The fourth-order valence-electron chi connectivity index (χ4n) is 3.61. The molecule has 0 aliphatic heterocycles. The highest BCUT2D eigenvalue weighted by Crippen LogP contribution is 2.39. The molecule has 8 heteroatoms. The van der Waals surface area contributed by atoms with E-state index in [-0.39, 0.29) is 28.9 Å². The van der Waals surface area contributed by atoms with Crippen LogP contribution in [0.25, 0.3) is 11.3 Å². The van der Waals surface area contributed by atoms with Crippen LogP contribution in [0.4, 0.5) is 11.6 Å². The van der Waals surface area contributed by atoms with E-state index in [2.05, 4.69) is 16.9 Å². The molecule has 3 rings (SSSR count). The van der Waals surface area contributed by atoms with Gasteiger partial charge in [0.25, 0.3) is 5.91 Å². The fraction of sp³-hybridized carbons (Fsp3) is 0.467. The molecule has 2 unspecified atom stereocenters. The molecule has 0 spiro atoms. The Bertz CT molecular complexity index is 799. The van der Waals surface area contributed by atoms with Gasteiger partial charge in [-0.3, -0.25) is 14.3 Å². The third kappa shape index (κ3) is 2.39. The highest BCUT2D eigenvalue weighted by Gasteiger charge is 2.30. The van der Waals surface area contributed by atoms with E-state index in [1.54, 1.807) is 4.57 Å². The number of hydrogen-bond donors (Lipinski definition) is 5. The zero-order chi connectivity index (χ0) is 16.7. The molecule has 2 heterocycles. The van der Waals surface area contributed by atoms with Crippen LogP contribution in [0.3, 0.4) is 0 Å². The number of nitrogens with one attached hydrogen (secondary N) is 2. The molecule has 8 N–H and O–H groups in total. The Morgan fingerprint density at radius 2 is 1.96 bits per heavy atom. The van der Waals surface area contributed by atoms with E-state index in [9.17, 15) is 9.59 Å². The number of aromatic amines is 2. The first-order chi connectivity index (χ1) is 10.9. The molecule has 8 nitrogen and oxygen atoms in total. The van der Waals surface area contributed by atoms with Gasteiger partial charge < -0.3 is 22.2 Å². The standard InChI is InChI=1S/C15H22N6O2/c1-7-4-2-3-5-9(7)21-11(13(17)20-15(21)23)10-8(14(18)22)6-19-12(10)16/h6-7,9,19H,2-5,16-17H2,1H3,(H2,18,22)(H,20,23). The molecular formula is C15H22N6O2. The maximum atomic E-state index is 12.5. The van der Waals surface area contributed by atoms with Gasteiger partial charge in [-0.25, -0.2) is 4.79 Å². The van der Waals surface area contributed by atoms with E-state index in [1.807, 2.05) is 0 Å². The highest BCUT2D eigenvalue weighted by molar-refractivity contribution is 6.03. The van der Waals surface area contributed by atoms with Gasteiger partial charge in [0, 0.05) is 12.2 Å². The number of H-pyrrole nitrogens is 2. The molecule has 2 atom stereocenters. The number of hydrogen-bond acceptors (Lipinski definition) is 4. The lowest BCUT2D eigenvalue weighted by atomic mass is 9.85. The summed E-state index contributed by atoms with van der Waals surface area (Å²) in [7, 11) is 0. The molecule has 1 saturated carbocycles.